The van der Waals surface area contributed by atoms with Crippen LogP contribution in [0.5, 0.6) is 0 Å². The monoisotopic (exact) mass is 334 g/mol. The molecule has 25 heavy (non-hydrogen) atoms. The first kappa shape index (κ1) is 16.9. The first-order valence-electron chi connectivity index (χ1n) is 8.24. The van der Waals surface area contributed by atoms with Gasteiger partial charge in [0.2, 0.25) is 5.91 Å². The molecule has 5 nitrogen and oxygen atoms in total. The molecule has 1 heterocycles. The van der Waals surface area contributed by atoms with Gasteiger partial charge in [0.1, 0.15) is 0 Å². The Bertz CT molecular complexity index is 808. The summed E-state index contributed by atoms with van der Waals surface area (Å²) in [6.07, 6.45) is 3.67. The van der Waals surface area contributed by atoms with Gasteiger partial charge in [-0.2, -0.15) is 5.10 Å². The number of likely N-dealkylation sites (N-methyl/N-ethyl adjacent to an activating group) is 1. The van der Waals surface area contributed by atoms with Crippen LogP contribution in [0.1, 0.15) is 11.1 Å². The number of amides is 1. The number of nitrogens with zero attached hydrogens (tertiary/aromatic N) is 3. The molecule has 0 aliphatic heterocycles. The number of aryl methyl sites for hydroxylation is 1. The van der Waals surface area contributed by atoms with E-state index in [0.717, 1.165) is 16.9 Å². The highest BCUT2D eigenvalue weighted by atomic mass is 16.2. The van der Waals surface area contributed by atoms with Gasteiger partial charge in [-0.3, -0.25) is 9.69 Å². The first-order chi connectivity index (χ1) is 12.1. The summed E-state index contributed by atoms with van der Waals surface area (Å²) in [6.45, 7) is 3.08. The van der Waals surface area contributed by atoms with E-state index in [-0.39, 0.29) is 5.91 Å². The number of rotatable bonds is 6. The van der Waals surface area contributed by atoms with E-state index in [2.05, 4.69) is 22.5 Å². The molecule has 0 atom stereocenters. The number of aromatic nitrogens is 2. The Morgan fingerprint density at radius 3 is 2.48 bits per heavy atom. The highest BCUT2D eigenvalue weighted by molar-refractivity contribution is 5.92. The minimum absolute atomic E-state index is 0.0143. The summed E-state index contributed by atoms with van der Waals surface area (Å²) in [5.41, 5.74) is 4.18. The summed E-state index contributed by atoms with van der Waals surface area (Å²) in [5.74, 6) is -0.0143. The van der Waals surface area contributed by atoms with Crippen molar-refractivity contribution >= 4 is 11.6 Å². The van der Waals surface area contributed by atoms with Crippen LogP contribution in [0, 0.1) is 6.92 Å². The predicted octanol–water partition coefficient (Wildman–Crippen LogP) is 3.25. The zero-order valence-corrected chi connectivity index (χ0v) is 14.5. The number of nitrogens with one attached hydrogen (secondary N) is 1. The van der Waals surface area contributed by atoms with Gasteiger partial charge in [0.05, 0.1) is 12.2 Å². The third-order valence-corrected chi connectivity index (χ3v) is 3.91. The second-order valence-corrected chi connectivity index (χ2v) is 6.20. The number of hydrogen-bond donors (Lipinski definition) is 1. The Morgan fingerprint density at radius 2 is 1.84 bits per heavy atom. The van der Waals surface area contributed by atoms with Gasteiger partial charge in [-0.05, 0) is 49.9 Å². The van der Waals surface area contributed by atoms with Crippen LogP contribution in [-0.4, -0.2) is 34.2 Å². The first-order valence-corrected chi connectivity index (χ1v) is 8.24. The molecule has 3 aromatic rings. The lowest BCUT2D eigenvalue weighted by atomic mass is 10.2. The fraction of sp³-hybridized carbons (Fsp3) is 0.200. The molecule has 0 spiro atoms. The van der Waals surface area contributed by atoms with Crippen LogP contribution >= 0.6 is 0 Å². The lowest BCUT2D eigenvalue weighted by Crippen LogP contribution is -2.29. The van der Waals surface area contributed by atoms with Crippen LogP contribution in [0.25, 0.3) is 5.69 Å². The topological polar surface area (TPSA) is 50.2 Å². The van der Waals surface area contributed by atoms with Crippen LogP contribution in [-0.2, 0) is 11.3 Å². The van der Waals surface area contributed by atoms with Crippen molar-refractivity contribution in [1.82, 2.24) is 14.7 Å². The van der Waals surface area contributed by atoms with E-state index < -0.39 is 0 Å². The van der Waals surface area contributed by atoms with Crippen LogP contribution in [0.2, 0.25) is 0 Å². The van der Waals surface area contributed by atoms with E-state index in [9.17, 15) is 4.79 Å². The number of carbonyl (C=O) groups excluding carboxylic acids is 1. The molecule has 5 heteroatoms. The zero-order valence-electron chi connectivity index (χ0n) is 14.5. The minimum atomic E-state index is -0.0143. The second kappa shape index (κ2) is 7.77. The van der Waals surface area contributed by atoms with Crippen molar-refractivity contribution in [3.8, 4) is 5.69 Å². The van der Waals surface area contributed by atoms with E-state index in [4.69, 9.17) is 0 Å². The molecule has 1 N–H and O–H groups in total. The maximum absolute atomic E-state index is 12.1. The van der Waals surface area contributed by atoms with Gasteiger partial charge >= 0.3 is 0 Å². The van der Waals surface area contributed by atoms with E-state index in [1.54, 1.807) is 6.20 Å². The van der Waals surface area contributed by atoms with Gasteiger partial charge in [-0.15, -0.1) is 0 Å². The molecule has 3 rings (SSSR count). The fourth-order valence-electron chi connectivity index (χ4n) is 2.63. The Balaban J connectivity index is 1.52. The third-order valence-electron chi connectivity index (χ3n) is 3.91. The Kier molecular flexibility index (Phi) is 5.26. The van der Waals surface area contributed by atoms with Crippen molar-refractivity contribution in [2.75, 3.05) is 18.9 Å². The van der Waals surface area contributed by atoms with Crippen LogP contribution in [0.3, 0.4) is 0 Å². The Morgan fingerprint density at radius 1 is 1.12 bits per heavy atom. The summed E-state index contributed by atoms with van der Waals surface area (Å²) >= 11 is 0. The summed E-state index contributed by atoms with van der Waals surface area (Å²) in [6, 6.07) is 17.9. The van der Waals surface area contributed by atoms with Gasteiger partial charge in [0, 0.05) is 24.6 Å². The second-order valence-electron chi connectivity index (χ2n) is 6.20. The van der Waals surface area contributed by atoms with Crippen molar-refractivity contribution in [3.63, 3.8) is 0 Å². The van der Waals surface area contributed by atoms with E-state index in [0.29, 0.717) is 13.1 Å². The number of benzene rings is 2. The molecular formula is C20H22N4O. The van der Waals surface area contributed by atoms with Gasteiger partial charge in [0.25, 0.3) is 0 Å². The van der Waals surface area contributed by atoms with Crippen molar-refractivity contribution in [3.05, 3.63) is 78.1 Å². The quantitative estimate of drug-likeness (QED) is 0.753. The highest BCUT2D eigenvalue weighted by Gasteiger charge is 2.08. The maximum Gasteiger partial charge on any atom is 0.238 e. The molecule has 0 saturated heterocycles. The highest BCUT2D eigenvalue weighted by Crippen LogP contribution is 2.11. The lowest BCUT2D eigenvalue weighted by molar-refractivity contribution is -0.117. The molecule has 0 radical (unpaired) electrons. The van der Waals surface area contributed by atoms with Gasteiger partial charge < -0.3 is 5.32 Å². The molecule has 0 bridgehead atoms. The molecule has 0 saturated carbocycles. The number of carbonyl (C=O) groups is 1. The molecule has 2 aromatic carbocycles. The number of anilines is 1. The lowest BCUT2D eigenvalue weighted by Gasteiger charge is -2.16. The average Bonchev–Trinajstić information content (AvgIpc) is 3.12. The summed E-state index contributed by atoms with van der Waals surface area (Å²) in [7, 11) is 1.94. The molecule has 1 aromatic heterocycles. The molecule has 0 aliphatic carbocycles. The normalized spacial score (nSPS) is 10.8. The molecule has 0 fully saturated rings. The van der Waals surface area contributed by atoms with Crippen LogP contribution < -0.4 is 5.32 Å². The molecule has 128 valence electrons. The fourth-order valence-corrected chi connectivity index (χ4v) is 2.63. The van der Waals surface area contributed by atoms with E-state index >= 15 is 0 Å². The van der Waals surface area contributed by atoms with Crippen molar-refractivity contribution in [1.29, 1.82) is 0 Å². The largest absolute Gasteiger partial charge is 0.325 e. The third kappa shape index (κ3) is 4.78. The summed E-state index contributed by atoms with van der Waals surface area (Å²) < 4.78 is 1.82. The maximum atomic E-state index is 12.1. The van der Waals surface area contributed by atoms with Crippen molar-refractivity contribution < 1.29 is 4.79 Å². The van der Waals surface area contributed by atoms with Crippen LogP contribution in [0.4, 0.5) is 5.69 Å². The standard InChI is InChI=1S/C20H22N4O/c1-16-4-8-18(9-5-16)22-20(25)15-23(2)14-17-6-10-19(11-7-17)24-13-3-12-21-24/h3-13H,14-15H2,1-2H3,(H,22,25). The average molecular weight is 334 g/mol. The summed E-state index contributed by atoms with van der Waals surface area (Å²) in [5, 5.41) is 7.14. The van der Waals surface area contributed by atoms with E-state index in [1.807, 2.05) is 72.2 Å². The summed E-state index contributed by atoms with van der Waals surface area (Å²) in [4.78, 5) is 14.1. The van der Waals surface area contributed by atoms with Crippen molar-refractivity contribution in [2.45, 2.75) is 13.5 Å². The van der Waals surface area contributed by atoms with Gasteiger partial charge in [0.15, 0.2) is 0 Å². The van der Waals surface area contributed by atoms with Gasteiger partial charge in [-0.25, -0.2) is 4.68 Å². The molecular weight excluding hydrogens is 312 g/mol. The molecule has 0 aliphatic rings. The SMILES string of the molecule is Cc1ccc(NC(=O)CN(C)Cc2ccc(-n3cccn3)cc2)cc1. The predicted molar refractivity (Wildman–Crippen MR) is 99.7 cm³/mol. The smallest absolute Gasteiger partial charge is 0.238 e. The molecule has 1 amide bonds. The van der Waals surface area contributed by atoms with Crippen LogP contribution in [0.15, 0.2) is 67.0 Å². The zero-order chi connectivity index (χ0) is 17.6. The Labute approximate surface area is 147 Å². The van der Waals surface area contributed by atoms with Gasteiger partial charge in [-0.1, -0.05) is 29.8 Å². The van der Waals surface area contributed by atoms with Crippen molar-refractivity contribution in [2.24, 2.45) is 0 Å². The number of hydrogen-bond acceptors (Lipinski definition) is 3. The van der Waals surface area contributed by atoms with E-state index in [1.165, 1.54) is 5.56 Å². The minimum Gasteiger partial charge on any atom is -0.325 e. The Hall–Kier alpha value is -2.92. The molecule has 0 unspecified atom stereocenters.